The maximum Gasteiger partial charge on any atom is 0.137 e. The molecule has 3 rings (SSSR count). The molecule has 20 heavy (non-hydrogen) atoms. The van der Waals surface area contributed by atoms with Crippen LogP contribution in [0.25, 0.3) is 0 Å². The number of methoxy groups -OCH3 is 1. The van der Waals surface area contributed by atoms with Gasteiger partial charge in [0.1, 0.15) is 11.6 Å². The third-order valence-electron chi connectivity index (χ3n) is 3.69. The molecule has 2 aromatic carbocycles. The van der Waals surface area contributed by atoms with Crippen LogP contribution in [0.15, 0.2) is 40.9 Å². The zero-order valence-electron chi connectivity index (χ0n) is 11.1. The van der Waals surface area contributed by atoms with Crippen LogP contribution >= 0.6 is 15.9 Å². The summed E-state index contributed by atoms with van der Waals surface area (Å²) in [5.41, 5.74) is 3.15. The molecule has 1 atom stereocenters. The van der Waals surface area contributed by atoms with E-state index in [-0.39, 0.29) is 11.9 Å². The summed E-state index contributed by atoms with van der Waals surface area (Å²) in [6, 6.07) is 11.6. The van der Waals surface area contributed by atoms with E-state index in [1.807, 2.05) is 24.3 Å². The van der Waals surface area contributed by atoms with E-state index < -0.39 is 0 Å². The summed E-state index contributed by atoms with van der Waals surface area (Å²) < 4.78 is 19.5. The lowest BCUT2D eigenvalue weighted by Gasteiger charge is -2.28. The van der Waals surface area contributed by atoms with Gasteiger partial charge in [-0.05, 0) is 52.5 Å². The molecule has 0 spiro atoms. The minimum Gasteiger partial charge on any atom is -0.496 e. The fourth-order valence-corrected chi connectivity index (χ4v) is 3.02. The maximum atomic E-state index is 13.6. The van der Waals surface area contributed by atoms with Gasteiger partial charge in [-0.2, -0.15) is 0 Å². The monoisotopic (exact) mass is 335 g/mol. The molecule has 104 valence electrons. The number of rotatable bonds is 2. The fraction of sp³-hybridized carbons (Fsp3) is 0.250. The molecule has 1 aliphatic rings. The van der Waals surface area contributed by atoms with Gasteiger partial charge in [0.25, 0.3) is 0 Å². The quantitative estimate of drug-likeness (QED) is 0.859. The normalized spacial score (nSPS) is 17.2. The number of hydrogen-bond acceptors (Lipinski definition) is 2. The summed E-state index contributed by atoms with van der Waals surface area (Å²) in [6.45, 7) is 0. The van der Waals surface area contributed by atoms with E-state index >= 15 is 0 Å². The van der Waals surface area contributed by atoms with Crippen molar-refractivity contribution in [2.24, 2.45) is 0 Å². The van der Waals surface area contributed by atoms with Gasteiger partial charge in [-0.25, -0.2) is 4.39 Å². The summed E-state index contributed by atoms with van der Waals surface area (Å²) in [6.07, 6.45) is 1.78. The summed E-state index contributed by atoms with van der Waals surface area (Å²) in [4.78, 5) is 0. The summed E-state index contributed by atoms with van der Waals surface area (Å²) in [7, 11) is 1.68. The van der Waals surface area contributed by atoms with E-state index in [1.54, 1.807) is 13.2 Å². The van der Waals surface area contributed by atoms with Crippen molar-refractivity contribution in [1.82, 2.24) is 0 Å². The number of anilines is 1. The van der Waals surface area contributed by atoms with Crippen LogP contribution in [-0.2, 0) is 6.42 Å². The maximum absolute atomic E-state index is 13.6. The molecule has 0 aliphatic carbocycles. The van der Waals surface area contributed by atoms with Crippen molar-refractivity contribution in [3.05, 3.63) is 57.8 Å². The first-order valence-electron chi connectivity index (χ1n) is 6.56. The van der Waals surface area contributed by atoms with Gasteiger partial charge in [0.05, 0.1) is 17.6 Å². The lowest BCUT2D eigenvalue weighted by atomic mass is 9.93. The SMILES string of the molecule is COc1ccccc1C1CCc2cc(F)c(Br)cc2N1. The van der Waals surface area contributed by atoms with Crippen LogP contribution in [0.4, 0.5) is 10.1 Å². The Kier molecular flexibility index (Phi) is 3.66. The largest absolute Gasteiger partial charge is 0.496 e. The Hall–Kier alpha value is -1.55. The summed E-state index contributed by atoms with van der Waals surface area (Å²) >= 11 is 3.24. The second kappa shape index (κ2) is 5.44. The van der Waals surface area contributed by atoms with Crippen LogP contribution in [-0.4, -0.2) is 7.11 Å². The van der Waals surface area contributed by atoms with Crippen molar-refractivity contribution in [1.29, 1.82) is 0 Å². The van der Waals surface area contributed by atoms with E-state index in [1.165, 1.54) is 0 Å². The number of para-hydroxylation sites is 1. The second-order valence-electron chi connectivity index (χ2n) is 4.90. The summed E-state index contributed by atoms with van der Waals surface area (Å²) in [5.74, 6) is 0.677. The van der Waals surface area contributed by atoms with Crippen molar-refractivity contribution in [2.75, 3.05) is 12.4 Å². The lowest BCUT2D eigenvalue weighted by Crippen LogP contribution is -2.19. The van der Waals surface area contributed by atoms with Crippen molar-refractivity contribution in [3.63, 3.8) is 0 Å². The Labute approximate surface area is 126 Å². The Morgan fingerprint density at radius 1 is 1.30 bits per heavy atom. The molecule has 0 fully saturated rings. The third-order valence-corrected chi connectivity index (χ3v) is 4.30. The van der Waals surface area contributed by atoms with Gasteiger partial charge in [-0.3, -0.25) is 0 Å². The van der Waals surface area contributed by atoms with Gasteiger partial charge in [-0.15, -0.1) is 0 Å². The first-order chi connectivity index (χ1) is 9.69. The molecule has 0 aromatic heterocycles. The Morgan fingerprint density at radius 2 is 2.10 bits per heavy atom. The Balaban J connectivity index is 1.94. The Morgan fingerprint density at radius 3 is 2.90 bits per heavy atom. The van der Waals surface area contributed by atoms with Gasteiger partial charge < -0.3 is 10.1 Å². The van der Waals surface area contributed by atoms with Gasteiger partial charge >= 0.3 is 0 Å². The molecule has 0 saturated carbocycles. The molecule has 1 heterocycles. The lowest BCUT2D eigenvalue weighted by molar-refractivity contribution is 0.405. The van der Waals surface area contributed by atoms with E-state index in [0.717, 1.165) is 35.4 Å². The number of benzene rings is 2. The van der Waals surface area contributed by atoms with Crippen LogP contribution in [0, 0.1) is 5.82 Å². The molecule has 1 N–H and O–H groups in total. The highest BCUT2D eigenvalue weighted by Crippen LogP contribution is 2.38. The predicted molar refractivity (Wildman–Crippen MR) is 81.8 cm³/mol. The van der Waals surface area contributed by atoms with E-state index in [2.05, 4.69) is 27.3 Å². The van der Waals surface area contributed by atoms with E-state index in [9.17, 15) is 4.39 Å². The van der Waals surface area contributed by atoms with Crippen LogP contribution < -0.4 is 10.1 Å². The van der Waals surface area contributed by atoms with Gasteiger partial charge in [-0.1, -0.05) is 18.2 Å². The predicted octanol–water partition coefficient (Wildman–Crippen LogP) is 4.70. The highest BCUT2D eigenvalue weighted by Gasteiger charge is 2.22. The number of nitrogens with one attached hydrogen (secondary N) is 1. The average Bonchev–Trinajstić information content (AvgIpc) is 2.48. The third kappa shape index (κ3) is 2.40. The van der Waals surface area contributed by atoms with Gasteiger partial charge in [0, 0.05) is 11.3 Å². The number of fused-ring (bicyclic) bond motifs is 1. The van der Waals surface area contributed by atoms with Crippen LogP contribution in [0.1, 0.15) is 23.6 Å². The topological polar surface area (TPSA) is 21.3 Å². The second-order valence-corrected chi connectivity index (χ2v) is 5.76. The molecule has 4 heteroatoms. The van der Waals surface area contributed by atoms with Crippen molar-refractivity contribution < 1.29 is 9.13 Å². The highest BCUT2D eigenvalue weighted by molar-refractivity contribution is 9.10. The number of hydrogen-bond donors (Lipinski definition) is 1. The molecule has 2 nitrogen and oxygen atoms in total. The van der Waals surface area contributed by atoms with E-state index in [4.69, 9.17) is 4.74 Å². The molecule has 1 unspecified atom stereocenters. The molecule has 2 aromatic rings. The van der Waals surface area contributed by atoms with Gasteiger partial charge in [0.15, 0.2) is 0 Å². The first kappa shape index (κ1) is 13.4. The number of halogens is 2. The van der Waals surface area contributed by atoms with Crippen LogP contribution in [0.5, 0.6) is 5.75 Å². The molecule has 1 aliphatic heterocycles. The van der Waals surface area contributed by atoms with Gasteiger partial charge in [0.2, 0.25) is 0 Å². The minimum atomic E-state index is -0.207. The first-order valence-corrected chi connectivity index (χ1v) is 7.35. The molecule has 0 bridgehead atoms. The summed E-state index contributed by atoms with van der Waals surface area (Å²) in [5, 5.41) is 3.48. The smallest absolute Gasteiger partial charge is 0.137 e. The standard InChI is InChI=1S/C16H15BrFNO/c1-20-16-5-3-2-4-11(16)14-7-6-10-8-13(18)12(17)9-15(10)19-14/h2-5,8-9,14,19H,6-7H2,1H3. The zero-order valence-corrected chi connectivity index (χ0v) is 12.7. The molecule has 0 radical (unpaired) electrons. The number of ether oxygens (including phenoxy) is 1. The molecule has 0 saturated heterocycles. The van der Waals surface area contributed by atoms with Crippen molar-refractivity contribution in [3.8, 4) is 5.75 Å². The highest BCUT2D eigenvalue weighted by atomic mass is 79.9. The molecule has 0 amide bonds. The fourth-order valence-electron chi connectivity index (χ4n) is 2.68. The molecular weight excluding hydrogens is 321 g/mol. The van der Waals surface area contributed by atoms with Crippen LogP contribution in [0.2, 0.25) is 0 Å². The average molecular weight is 336 g/mol. The molecular formula is C16H15BrFNO. The minimum absolute atomic E-state index is 0.191. The van der Waals surface area contributed by atoms with Crippen molar-refractivity contribution in [2.45, 2.75) is 18.9 Å². The number of aryl methyl sites for hydroxylation is 1. The zero-order chi connectivity index (χ0) is 14.1. The van der Waals surface area contributed by atoms with Crippen LogP contribution in [0.3, 0.4) is 0 Å². The Bertz CT molecular complexity index is 644. The van der Waals surface area contributed by atoms with Crippen molar-refractivity contribution >= 4 is 21.6 Å². The van der Waals surface area contributed by atoms with E-state index in [0.29, 0.717) is 4.47 Å².